The maximum absolute atomic E-state index is 5.69. The molecule has 1 unspecified atom stereocenters. The molecule has 0 saturated carbocycles. The van der Waals surface area contributed by atoms with Gasteiger partial charge in [-0.05, 0) is 13.3 Å². The number of hydrogen-bond donors (Lipinski definition) is 1. The molecule has 1 aromatic rings. The van der Waals surface area contributed by atoms with Crippen LogP contribution in [0, 0.1) is 0 Å². The fraction of sp³-hybridized carbons (Fsp3) is 0.625. The van der Waals surface area contributed by atoms with Crippen LogP contribution in [0.5, 0.6) is 0 Å². The van der Waals surface area contributed by atoms with Crippen LogP contribution in [0.1, 0.15) is 26.0 Å². The number of nitrogen functional groups attached to an aromatic ring is 1. The molecule has 0 aliphatic heterocycles. The highest BCUT2D eigenvalue weighted by atomic mass is 127. The average Bonchev–Trinajstić information content (AvgIpc) is 2.33. The summed E-state index contributed by atoms with van der Waals surface area (Å²) in [4.78, 5) is 0. The fourth-order valence-electron chi connectivity index (χ4n) is 0.918. The Bertz CT molecular complexity index is 258. The summed E-state index contributed by atoms with van der Waals surface area (Å²) in [6.07, 6.45) is 1.06. The van der Waals surface area contributed by atoms with Gasteiger partial charge in [0, 0.05) is 13.1 Å². The number of nitrogens with zero attached hydrogens (tertiary/aromatic N) is 2. The quantitative estimate of drug-likeness (QED) is 0.665. The Hall–Kier alpha value is -0.260. The molecule has 1 heterocycles. The molecule has 1 rings (SSSR count). The largest absolute Gasteiger partial charge is 0.384 e. The third-order valence-electron chi connectivity index (χ3n) is 2.11. The van der Waals surface area contributed by atoms with Crippen molar-refractivity contribution in [1.29, 1.82) is 0 Å². The monoisotopic (exact) mass is 279 g/mol. The third-order valence-corrected chi connectivity index (χ3v) is 3.43. The molecular formula is C8H14IN3. The molecule has 0 aliphatic rings. The van der Waals surface area contributed by atoms with Crippen molar-refractivity contribution in [2.24, 2.45) is 7.05 Å². The molecule has 0 spiro atoms. The predicted molar refractivity (Wildman–Crippen MR) is 59.3 cm³/mol. The lowest BCUT2D eigenvalue weighted by molar-refractivity contribution is 0.645. The second-order valence-electron chi connectivity index (χ2n) is 3.13. The number of alkyl halides is 1. The van der Waals surface area contributed by atoms with Gasteiger partial charge in [0.15, 0.2) is 0 Å². The van der Waals surface area contributed by atoms with Crippen molar-refractivity contribution < 1.29 is 0 Å². The number of nitrogens with two attached hydrogens (primary N) is 1. The maximum Gasteiger partial charge on any atom is 0.121 e. The van der Waals surface area contributed by atoms with E-state index in [4.69, 9.17) is 5.73 Å². The van der Waals surface area contributed by atoms with E-state index in [-0.39, 0.29) is 3.42 Å². The summed E-state index contributed by atoms with van der Waals surface area (Å²) < 4.78 is 1.81. The Balaban J connectivity index is 3.04. The van der Waals surface area contributed by atoms with Crippen molar-refractivity contribution >= 4 is 28.4 Å². The highest BCUT2D eigenvalue weighted by Gasteiger charge is 2.23. The van der Waals surface area contributed by atoms with E-state index in [1.807, 2.05) is 13.1 Å². The smallest absolute Gasteiger partial charge is 0.121 e. The summed E-state index contributed by atoms with van der Waals surface area (Å²) in [5, 5.41) is 4.34. The predicted octanol–water partition coefficient (Wildman–Crippen LogP) is 2.06. The van der Waals surface area contributed by atoms with Gasteiger partial charge in [-0.1, -0.05) is 29.5 Å². The Morgan fingerprint density at radius 1 is 1.75 bits per heavy atom. The SMILES string of the molecule is CCC(C)(I)c1cc(N)n(C)n1. The minimum Gasteiger partial charge on any atom is -0.384 e. The summed E-state index contributed by atoms with van der Waals surface area (Å²) in [6, 6.07) is 1.94. The van der Waals surface area contributed by atoms with Gasteiger partial charge in [-0.15, -0.1) is 0 Å². The summed E-state index contributed by atoms with van der Waals surface area (Å²) in [6.45, 7) is 4.31. The molecule has 0 amide bonds. The number of halogens is 1. The van der Waals surface area contributed by atoms with Crippen LogP contribution in [0.4, 0.5) is 5.82 Å². The normalized spacial score (nSPS) is 16.0. The van der Waals surface area contributed by atoms with Crippen LogP contribution in [0.3, 0.4) is 0 Å². The first-order valence-corrected chi connectivity index (χ1v) is 5.04. The van der Waals surface area contributed by atoms with Crippen LogP contribution >= 0.6 is 22.6 Å². The van der Waals surface area contributed by atoms with E-state index >= 15 is 0 Å². The van der Waals surface area contributed by atoms with Gasteiger partial charge in [0.1, 0.15) is 5.82 Å². The van der Waals surface area contributed by atoms with Crippen molar-refractivity contribution in [1.82, 2.24) is 9.78 Å². The first-order chi connectivity index (χ1) is 5.47. The fourth-order valence-corrected chi connectivity index (χ4v) is 1.18. The lowest BCUT2D eigenvalue weighted by atomic mass is 10.1. The van der Waals surface area contributed by atoms with E-state index in [0.29, 0.717) is 0 Å². The van der Waals surface area contributed by atoms with E-state index in [1.165, 1.54) is 0 Å². The number of hydrogen-bond acceptors (Lipinski definition) is 2. The zero-order valence-electron chi connectivity index (χ0n) is 7.63. The molecule has 0 bridgehead atoms. The van der Waals surface area contributed by atoms with E-state index in [2.05, 4.69) is 41.5 Å². The Kier molecular flexibility index (Phi) is 2.65. The number of rotatable bonds is 2. The molecule has 68 valence electrons. The van der Waals surface area contributed by atoms with Crippen molar-refractivity contribution in [2.75, 3.05) is 5.73 Å². The molecular weight excluding hydrogens is 265 g/mol. The van der Waals surface area contributed by atoms with Crippen molar-refractivity contribution in [2.45, 2.75) is 23.7 Å². The lowest BCUT2D eigenvalue weighted by Crippen LogP contribution is -2.12. The van der Waals surface area contributed by atoms with Gasteiger partial charge in [-0.25, -0.2) is 0 Å². The molecule has 0 aliphatic carbocycles. The molecule has 2 N–H and O–H groups in total. The van der Waals surface area contributed by atoms with Crippen molar-refractivity contribution in [3.05, 3.63) is 11.8 Å². The number of anilines is 1. The molecule has 1 atom stereocenters. The highest BCUT2D eigenvalue weighted by molar-refractivity contribution is 14.1. The summed E-state index contributed by atoms with van der Waals surface area (Å²) in [5.74, 6) is 0.723. The number of aryl methyl sites for hydroxylation is 1. The van der Waals surface area contributed by atoms with Gasteiger partial charge >= 0.3 is 0 Å². The first kappa shape index (κ1) is 9.83. The van der Waals surface area contributed by atoms with Crippen LogP contribution < -0.4 is 5.73 Å². The second-order valence-corrected chi connectivity index (χ2v) is 5.51. The highest BCUT2D eigenvalue weighted by Crippen LogP contribution is 2.34. The van der Waals surface area contributed by atoms with E-state index in [0.717, 1.165) is 17.9 Å². The average molecular weight is 279 g/mol. The van der Waals surface area contributed by atoms with E-state index in [9.17, 15) is 0 Å². The van der Waals surface area contributed by atoms with Crippen LogP contribution in [0.25, 0.3) is 0 Å². The minimum atomic E-state index is 0.104. The molecule has 0 saturated heterocycles. The molecule has 1 aromatic heterocycles. The topological polar surface area (TPSA) is 43.8 Å². The second kappa shape index (κ2) is 3.24. The van der Waals surface area contributed by atoms with Gasteiger partial charge in [0.25, 0.3) is 0 Å². The minimum absolute atomic E-state index is 0.104. The van der Waals surface area contributed by atoms with Crippen LogP contribution in [0.2, 0.25) is 0 Å². The van der Waals surface area contributed by atoms with Crippen molar-refractivity contribution in [3.63, 3.8) is 0 Å². The van der Waals surface area contributed by atoms with Gasteiger partial charge in [-0.3, -0.25) is 4.68 Å². The van der Waals surface area contributed by atoms with Gasteiger partial charge in [0.2, 0.25) is 0 Å². The Morgan fingerprint density at radius 3 is 2.67 bits per heavy atom. The standard InChI is InChI=1S/C8H14IN3/c1-4-8(2,9)6-5-7(10)12(3)11-6/h5H,4,10H2,1-3H3. The molecule has 12 heavy (non-hydrogen) atoms. The third kappa shape index (κ3) is 1.73. The van der Waals surface area contributed by atoms with Gasteiger partial charge in [0.05, 0.1) is 9.12 Å². The Morgan fingerprint density at radius 2 is 2.33 bits per heavy atom. The zero-order chi connectivity index (χ0) is 9.35. The zero-order valence-corrected chi connectivity index (χ0v) is 9.79. The van der Waals surface area contributed by atoms with Gasteiger partial charge < -0.3 is 5.73 Å². The van der Waals surface area contributed by atoms with Crippen LogP contribution in [-0.4, -0.2) is 9.78 Å². The maximum atomic E-state index is 5.69. The molecule has 4 heteroatoms. The van der Waals surface area contributed by atoms with Crippen molar-refractivity contribution in [3.8, 4) is 0 Å². The summed E-state index contributed by atoms with van der Waals surface area (Å²) in [5.41, 5.74) is 6.75. The lowest BCUT2D eigenvalue weighted by Gasteiger charge is -2.16. The molecule has 3 nitrogen and oxygen atoms in total. The summed E-state index contributed by atoms with van der Waals surface area (Å²) in [7, 11) is 1.86. The number of aromatic nitrogens is 2. The van der Waals surface area contributed by atoms with Crippen LogP contribution in [-0.2, 0) is 10.5 Å². The molecule has 0 radical (unpaired) electrons. The molecule has 0 fully saturated rings. The van der Waals surface area contributed by atoms with Gasteiger partial charge in [-0.2, -0.15) is 5.10 Å². The van der Waals surface area contributed by atoms with E-state index in [1.54, 1.807) is 4.68 Å². The Labute approximate surface area is 86.5 Å². The summed E-state index contributed by atoms with van der Waals surface area (Å²) >= 11 is 2.40. The van der Waals surface area contributed by atoms with Crippen LogP contribution in [0.15, 0.2) is 6.07 Å². The first-order valence-electron chi connectivity index (χ1n) is 3.96. The van der Waals surface area contributed by atoms with E-state index < -0.39 is 0 Å². The molecule has 0 aromatic carbocycles.